The van der Waals surface area contributed by atoms with Gasteiger partial charge in [-0.25, -0.2) is 0 Å². The fraction of sp³-hybridized carbons (Fsp3) is 0.286. The summed E-state index contributed by atoms with van der Waals surface area (Å²) < 4.78 is 38.6. The van der Waals surface area contributed by atoms with Crippen molar-refractivity contribution in [2.75, 3.05) is 0 Å². The Morgan fingerprint density at radius 1 is 1.43 bits per heavy atom. The van der Waals surface area contributed by atoms with E-state index in [2.05, 4.69) is 10.2 Å². The van der Waals surface area contributed by atoms with Crippen LogP contribution in [0.4, 0.5) is 13.2 Å². The quantitative estimate of drug-likeness (QED) is 0.896. The van der Waals surface area contributed by atoms with Gasteiger partial charge in [0.05, 0.1) is 17.5 Å². The lowest BCUT2D eigenvalue weighted by atomic mass is 10.1. The highest BCUT2D eigenvalue weighted by Crippen LogP contribution is 2.36. The smallest absolute Gasteiger partial charge is 0.416 e. The molecule has 1 atom stereocenters. The Kier molecular flexibility index (Phi) is 3.81. The van der Waals surface area contributed by atoms with Crippen molar-refractivity contribution in [1.29, 1.82) is 0 Å². The van der Waals surface area contributed by atoms with E-state index in [1.165, 1.54) is 12.3 Å². The van der Waals surface area contributed by atoms with Crippen molar-refractivity contribution in [3.05, 3.63) is 51.8 Å². The Labute approximate surface area is 133 Å². The first-order chi connectivity index (χ1) is 10.8. The van der Waals surface area contributed by atoms with E-state index in [0.29, 0.717) is 16.8 Å². The lowest BCUT2D eigenvalue weighted by Gasteiger charge is -2.22. The number of fused-ring (bicyclic) bond motifs is 1. The topological polar surface area (TPSA) is 69.2 Å². The fourth-order valence-electron chi connectivity index (χ4n) is 2.75. The Hall–Kier alpha value is -2.06. The molecule has 0 fully saturated rings. The Balaban J connectivity index is 1.89. The normalized spacial score (nSPS) is 18.2. The van der Waals surface area contributed by atoms with E-state index in [9.17, 15) is 23.1 Å². The van der Waals surface area contributed by atoms with Gasteiger partial charge in [-0.3, -0.25) is 14.8 Å². The van der Waals surface area contributed by atoms with Crippen molar-refractivity contribution in [3.8, 4) is 0 Å². The summed E-state index contributed by atoms with van der Waals surface area (Å²) in [5.41, 5.74) is 0.617. The number of benzene rings is 1. The van der Waals surface area contributed by atoms with E-state index >= 15 is 0 Å². The number of H-pyrrole nitrogens is 1. The second-order valence-corrected chi connectivity index (χ2v) is 5.73. The Morgan fingerprint density at radius 3 is 2.83 bits per heavy atom. The molecule has 9 heteroatoms. The number of aromatic nitrogens is 2. The molecule has 0 saturated carbocycles. The van der Waals surface area contributed by atoms with Crippen LogP contribution in [0.3, 0.4) is 0 Å². The number of rotatable bonds is 3. The summed E-state index contributed by atoms with van der Waals surface area (Å²) in [6.45, 7) is 0.295. The molecule has 2 heterocycles. The van der Waals surface area contributed by atoms with Crippen LogP contribution < -0.4 is 0 Å². The van der Waals surface area contributed by atoms with Crippen LogP contribution in [0.2, 0.25) is 5.02 Å². The largest absolute Gasteiger partial charge is 0.480 e. The molecule has 23 heavy (non-hydrogen) atoms. The number of aromatic amines is 1. The first-order valence-electron chi connectivity index (χ1n) is 6.61. The predicted octanol–water partition coefficient (Wildman–Crippen LogP) is 3.22. The molecule has 0 spiro atoms. The number of hydrogen-bond acceptors (Lipinski definition) is 3. The van der Waals surface area contributed by atoms with Gasteiger partial charge >= 0.3 is 12.1 Å². The third-order valence-electron chi connectivity index (χ3n) is 3.68. The summed E-state index contributed by atoms with van der Waals surface area (Å²) >= 11 is 5.76. The number of nitrogens with zero attached hydrogens (tertiary/aromatic N) is 2. The molecule has 0 amide bonds. The van der Waals surface area contributed by atoms with Crippen molar-refractivity contribution in [2.24, 2.45) is 0 Å². The van der Waals surface area contributed by atoms with E-state index in [4.69, 9.17) is 11.6 Å². The molecule has 2 N–H and O–H groups in total. The summed E-state index contributed by atoms with van der Waals surface area (Å²) in [6.07, 6.45) is -3.09. The van der Waals surface area contributed by atoms with Gasteiger partial charge in [0.2, 0.25) is 0 Å². The van der Waals surface area contributed by atoms with Crippen LogP contribution in [0.15, 0.2) is 24.4 Å². The third-order valence-corrected chi connectivity index (χ3v) is 3.90. The number of halogens is 4. The summed E-state index contributed by atoms with van der Waals surface area (Å²) in [5.74, 6) is -1.08. The lowest BCUT2D eigenvalue weighted by Crippen LogP contribution is -2.28. The van der Waals surface area contributed by atoms with Crippen LogP contribution in [-0.4, -0.2) is 26.2 Å². The van der Waals surface area contributed by atoms with Crippen LogP contribution in [-0.2, 0) is 24.1 Å². The zero-order chi connectivity index (χ0) is 16.8. The number of carbonyl (C=O) groups is 1. The highest BCUT2D eigenvalue weighted by atomic mass is 35.5. The number of carboxylic acids is 1. The second kappa shape index (κ2) is 5.54. The molecule has 5 nitrogen and oxygen atoms in total. The van der Waals surface area contributed by atoms with Gasteiger partial charge in [-0.2, -0.15) is 18.3 Å². The molecule has 1 aromatic carbocycles. The molecule has 1 aromatic heterocycles. The van der Waals surface area contributed by atoms with Crippen LogP contribution in [0.25, 0.3) is 0 Å². The van der Waals surface area contributed by atoms with Gasteiger partial charge in [0, 0.05) is 23.7 Å². The molecule has 122 valence electrons. The van der Waals surface area contributed by atoms with Crippen molar-refractivity contribution >= 4 is 17.6 Å². The van der Waals surface area contributed by atoms with Gasteiger partial charge in [0.15, 0.2) is 0 Å². The first kappa shape index (κ1) is 15.8. The standard InChI is InChI=1S/C14H11ClF3N3O2/c15-9-2-7(1-8(3-9)14(16,17)18)5-21-6-11-10(4-19-20-11)12(21)13(22)23/h1-4,12H,5-6H2,(H,19,20)(H,22,23). The molecular weight excluding hydrogens is 335 g/mol. The molecule has 3 rings (SSSR count). The van der Waals surface area contributed by atoms with E-state index in [0.717, 1.165) is 12.1 Å². The summed E-state index contributed by atoms with van der Waals surface area (Å²) in [5, 5.41) is 15.8. The minimum atomic E-state index is -4.51. The SMILES string of the molecule is O=C(O)C1c2cn[nH]c2CN1Cc1cc(Cl)cc(C(F)(F)F)c1. The summed E-state index contributed by atoms with van der Waals surface area (Å²) in [7, 11) is 0. The molecule has 0 aliphatic carbocycles. The predicted molar refractivity (Wildman–Crippen MR) is 74.7 cm³/mol. The fourth-order valence-corrected chi connectivity index (χ4v) is 3.01. The van der Waals surface area contributed by atoms with E-state index < -0.39 is 23.8 Å². The summed E-state index contributed by atoms with van der Waals surface area (Å²) in [4.78, 5) is 13.0. The van der Waals surface area contributed by atoms with Gasteiger partial charge in [-0.15, -0.1) is 0 Å². The molecule has 0 saturated heterocycles. The average molecular weight is 346 g/mol. The first-order valence-corrected chi connectivity index (χ1v) is 6.99. The maximum Gasteiger partial charge on any atom is 0.416 e. The van der Waals surface area contributed by atoms with Crippen LogP contribution in [0, 0.1) is 0 Å². The average Bonchev–Trinajstić information content (AvgIpc) is 2.96. The Bertz CT molecular complexity index is 760. The van der Waals surface area contributed by atoms with Gasteiger partial charge in [0.1, 0.15) is 6.04 Å². The second-order valence-electron chi connectivity index (χ2n) is 5.30. The van der Waals surface area contributed by atoms with Crippen LogP contribution >= 0.6 is 11.6 Å². The molecule has 2 aromatic rings. The highest BCUT2D eigenvalue weighted by molar-refractivity contribution is 6.30. The molecule has 1 aliphatic heterocycles. The monoisotopic (exact) mass is 345 g/mol. The maximum atomic E-state index is 12.9. The van der Waals surface area contributed by atoms with Crippen molar-refractivity contribution in [2.45, 2.75) is 25.3 Å². The minimum absolute atomic E-state index is 0.0309. The molecule has 0 bridgehead atoms. The van der Waals surface area contributed by atoms with Crippen LogP contribution in [0.5, 0.6) is 0 Å². The van der Waals surface area contributed by atoms with Crippen LogP contribution in [0.1, 0.15) is 28.4 Å². The number of aliphatic carboxylic acids is 1. The van der Waals surface area contributed by atoms with Gasteiger partial charge < -0.3 is 5.11 Å². The zero-order valence-electron chi connectivity index (χ0n) is 11.6. The third kappa shape index (κ3) is 3.04. The molecule has 0 radical (unpaired) electrons. The number of nitrogens with one attached hydrogen (secondary N) is 1. The van der Waals surface area contributed by atoms with Gasteiger partial charge in [-0.1, -0.05) is 11.6 Å². The van der Waals surface area contributed by atoms with E-state index in [1.807, 2.05) is 0 Å². The molecule has 1 unspecified atom stereocenters. The minimum Gasteiger partial charge on any atom is -0.480 e. The maximum absolute atomic E-state index is 12.9. The number of alkyl halides is 3. The lowest BCUT2D eigenvalue weighted by molar-refractivity contribution is -0.143. The number of carboxylic acid groups (broad SMARTS) is 1. The zero-order valence-corrected chi connectivity index (χ0v) is 12.3. The van der Waals surface area contributed by atoms with E-state index in [-0.39, 0.29) is 18.1 Å². The van der Waals surface area contributed by atoms with E-state index in [1.54, 1.807) is 4.90 Å². The van der Waals surface area contributed by atoms with Gasteiger partial charge in [-0.05, 0) is 23.8 Å². The summed E-state index contributed by atoms with van der Waals surface area (Å²) in [6, 6.07) is 2.28. The molecular formula is C14H11ClF3N3O2. The Morgan fingerprint density at radius 2 is 2.17 bits per heavy atom. The van der Waals surface area contributed by atoms with Crippen molar-refractivity contribution < 1.29 is 23.1 Å². The van der Waals surface area contributed by atoms with Crippen molar-refractivity contribution in [1.82, 2.24) is 15.1 Å². The van der Waals surface area contributed by atoms with Crippen molar-refractivity contribution in [3.63, 3.8) is 0 Å². The molecule has 1 aliphatic rings. The highest BCUT2D eigenvalue weighted by Gasteiger charge is 2.37. The van der Waals surface area contributed by atoms with Gasteiger partial charge in [0.25, 0.3) is 0 Å². The number of hydrogen-bond donors (Lipinski definition) is 2.